The zero-order valence-electron chi connectivity index (χ0n) is 17.9. The molecule has 2 fully saturated rings. The molecular formula is C22H27BrN2O6. The van der Waals surface area contributed by atoms with Crippen LogP contribution < -0.4 is 5.32 Å². The first-order chi connectivity index (χ1) is 14.7. The number of Topliss-reactive ketones (excluding diaryl/α,β-unsaturated/α-hetero) is 1. The molecule has 2 amide bonds. The number of carbonyl (C=O) groups excluding carboxylic acids is 4. The average molecular weight is 495 g/mol. The molecule has 1 aliphatic carbocycles. The second-order valence-corrected chi connectivity index (χ2v) is 9.50. The number of benzene rings is 1. The van der Waals surface area contributed by atoms with Crippen molar-refractivity contribution in [3.63, 3.8) is 0 Å². The summed E-state index contributed by atoms with van der Waals surface area (Å²) in [6.45, 7) is 3.68. The van der Waals surface area contributed by atoms with E-state index in [0.29, 0.717) is 18.5 Å². The first kappa shape index (κ1) is 23.2. The molecule has 2 atom stereocenters. The molecule has 1 aromatic rings. The van der Waals surface area contributed by atoms with Crippen LogP contribution in [-0.4, -0.2) is 61.0 Å². The number of nitrogens with one attached hydrogen (secondary N) is 1. The summed E-state index contributed by atoms with van der Waals surface area (Å²) < 4.78 is 10.8. The van der Waals surface area contributed by atoms with Gasteiger partial charge in [-0.05, 0) is 42.7 Å². The van der Waals surface area contributed by atoms with Gasteiger partial charge in [-0.25, -0.2) is 9.59 Å². The fourth-order valence-corrected chi connectivity index (χ4v) is 4.13. The van der Waals surface area contributed by atoms with Gasteiger partial charge in [0.1, 0.15) is 12.1 Å². The van der Waals surface area contributed by atoms with Gasteiger partial charge < -0.3 is 19.7 Å². The Morgan fingerprint density at radius 2 is 1.84 bits per heavy atom. The summed E-state index contributed by atoms with van der Waals surface area (Å²) in [6.07, 6.45) is 1.68. The molecule has 2 aliphatic rings. The van der Waals surface area contributed by atoms with Gasteiger partial charge in [0.2, 0.25) is 5.91 Å². The molecule has 9 heteroatoms. The van der Waals surface area contributed by atoms with E-state index in [0.717, 1.165) is 17.3 Å². The number of halogens is 1. The van der Waals surface area contributed by atoms with Crippen molar-refractivity contribution in [2.75, 3.05) is 20.3 Å². The standard InChI is InChI=1S/C22H27BrN2O6/c1-13(2)18(24-21(29)30-3)19(27)25-12-22(8-9-22)10-16(25)20(28)31-11-17(26)14-4-6-15(23)7-5-14/h4-7,13,16,18H,8-12H2,1-3H3,(H,24,29)/t16?,18-/m0/s1. The third-order valence-electron chi connectivity index (χ3n) is 5.92. The smallest absolute Gasteiger partial charge is 0.407 e. The Balaban J connectivity index is 1.68. The van der Waals surface area contributed by atoms with Crippen LogP contribution in [0.2, 0.25) is 0 Å². The van der Waals surface area contributed by atoms with Crippen molar-refractivity contribution in [2.45, 2.75) is 45.2 Å². The fourth-order valence-electron chi connectivity index (χ4n) is 3.87. The van der Waals surface area contributed by atoms with E-state index in [4.69, 9.17) is 4.74 Å². The number of ether oxygens (including phenoxy) is 2. The van der Waals surface area contributed by atoms with Crippen molar-refractivity contribution in [3.05, 3.63) is 34.3 Å². The molecule has 168 valence electrons. The predicted molar refractivity (Wildman–Crippen MR) is 115 cm³/mol. The van der Waals surface area contributed by atoms with E-state index in [-0.39, 0.29) is 29.6 Å². The van der Waals surface area contributed by atoms with Crippen LogP contribution in [0, 0.1) is 11.3 Å². The Morgan fingerprint density at radius 3 is 2.39 bits per heavy atom. The average Bonchev–Trinajstić information content (AvgIpc) is 3.39. The number of carbonyl (C=O) groups is 4. The van der Waals surface area contributed by atoms with Gasteiger partial charge in [-0.2, -0.15) is 0 Å². The van der Waals surface area contributed by atoms with Crippen LogP contribution in [0.3, 0.4) is 0 Å². The van der Waals surface area contributed by atoms with E-state index in [9.17, 15) is 19.2 Å². The quantitative estimate of drug-likeness (QED) is 0.461. The Hall–Kier alpha value is -2.42. The second kappa shape index (κ2) is 9.38. The van der Waals surface area contributed by atoms with E-state index in [2.05, 4.69) is 26.0 Å². The molecule has 31 heavy (non-hydrogen) atoms. The summed E-state index contributed by atoms with van der Waals surface area (Å²) in [5, 5.41) is 2.56. The highest BCUT2D eigenvalue weighted by molar-refractivity contribution is 9.10. The second-order valence-electron chi connectivity index (χ2n) is 8.58. The lowest BCUT2D eigenvalue weighted by molar-refractivity contribution is -0.153. The van der Waals surface area contributed by atoms with Crippen LogP contribution in [0.4, 0.5) is 4.79 Å². The minimum atomic E-state index is -0.818. The highest BCUT2D eigenvalue weighted by Gasteiger charge is 2.56. The summed E-state index contributed by atoms with van der Waals surface area (Å²) in [4.78, 5) is 51.6. The molecule has 1 aromatic carbocycles. The third-order valence-corrected chi connectivity index (χ3v) is 6.45. The van der Waals surface area contributed by atoms with Crippen molar-refractivity contribution < 1.29 is 28.7 Å². The molecule has 1 heterocycles. The van der Waals surface area contributed by atoms with Crippen LogP contribution in [0.1, 0.15) is 43.5 Å². The van der Waals surface area contributed by atoms with Crippen molar-refractivity contribution in [1.29, 1.82) is 0 Å². The Bertz CT molecular complexity index is 865. The normalized spacial score (nSPS) is 19.8. The molecule has 0 aromatic heterocycles. The van der Waals surface area contributed by atoms with Gasteiger partial charge in [-0.3, -0.25) is 9.59 Å². The lowest BCUT2D eigenvalue weighted by Crippen LogP contribution is -2.54. The van der Waals surface area contributed by atoms with Crippen LogP contribution in [0.15, 0.2) is 28.7 Å². The molecule has 8 nitrogen and oxygen atoms in total. The molecule has 1 aliphatic heterocycles. The first-order valence-electron chi connectivity index (χ1n) is 10.3. The zero-order chi connectivity index (χ0) is 22.8. The van der Waals surface area contributed by atoms with Gasteiger partial charge >= 0.3 is 12.1 Å². The fraction of sp³-hybridized carbons (Fsp3) is 0.545. The Labute approximate surface area is 189 Å². The van der Waals surface area contributed by atoms with Gasteiger partial charge in [0, 0.05) is 16.6 Å². The summed E-state index contributed by atoms with van der Waals surface area (Å²) in [7, 11) is 1.23. The maximum atomic E-state index is 13.2. The number of alkyl carbamates (subject to hydrolysis) is 1. The largest absolute Gasteiger partial charge is 0.456 e. The number of rotatable bonds is 7. The van der Waals surface area contributed by atoms with Crippen LogP contribution in [0.5, 0.6) is 0 Å². The number of hydrogen-bond donors (Lipinski definition) is 1. The van der Waals surface area contributed by atoms with E-state index in [1.54, 1.807) is 24.3 Å². The molecule has 1 saturated carbocycles. The van der Waals surface area contributed by atoms with Crippen LogP contribution in [-0.2, 0) is 19.1 Å². The van der Waals surface area contributed by atoms with E-state index < -0.39 is 24.1 Å². The van der Waals surface area contributed by atoms with Gasteiger partial charge in [0.25, 0.3) is 0 Å². The van der Waals surface area contributed by atoms with E-state index in [1.165, 1.54) is 12.0 Å². The third kappa shape index (κ3) is 5.44. The first-order valence-corrected chi connectivity index (χ1v) is 11.1. The van der Waals surface area contributed by atoms with Gasteiger partial charge in [-0.15, -0.1) is 0 Å². The van der Waals surface area contributed by atoms with E-state index >= 15 is 0 Å². The number of esters is 1. The minimum absolute atomic E-state index is 0.0676. The van der Waals surface area contributed by atoms with Gasteiger partial charge in [-0.1, -0.05) is 41.9 Å². The number of methoxy groups -OCH3 is 1. The van der Waals surface area contributed by atoms with Crippen molar-refractivity contribution in [2.24, 2.45) is 11.3 Å². The summed E-state index contributed by atoms with van der Waals surface area (Å²) in [5.74, 6) is -1.45. The molecule has 1 saturated heterocycles. The highest BCUT2D eigenvalue weighted by Crippen LogP contribution is 2.55. The van der Waals surface area contributed by atoms with Crippen LogP contribution >= 0.6 is 15.9 Å². The summed E-state index contributed by atoms with van der Waals surface area (Å²) in [5.41, 5.74) is 0.373. The molecule has 1 spiro atoms. The number of hydrogen-bond acceptors (Lipinski definition) is 6. The number of ketones is 1. The minimum Gasteiger partial charge on any atom is -0.456 e. The lowest BCUT2D eigenvalue weighted by atomic mass is 10.0. The zero-order valence-corrected chi connectivity index (χ0v) is 19.4. The molecule has 1 N–H and O–H groups in total. The maximum absolute atomic E-state index is 13.2. The molecular weight excluding hydrogens is 468 g/mol. The predicted octanol–water partition coefficient (Wildman–Crippen LogP) is 2.94. The van der Waals surface area contributed by atoms with Gasteiger partial charge in [0.05, 0.1) is 7.11 Å². The lowest BCUT2D eigenvalue weighted by Gasteiger charge is -2.29. The number of amides is 2. The van der Waals surface area contributed by atoms with E-state index in [1.807, 2.05) is 13.8 Å². The Kier molecular flexibility index (Phi) is 7.03. The monoisotopic (exact) mass is 494 g/mol. The van der Waals surface area contributed by atoms with Crippen molar-refractivity contribution in [1.82, 2.24) is 10.2 Å². The highest BCUT2D eigenvalue weighted by atomic mass is 79.9. The Morgan fingerprint density at radius 1 is 1.19 bits per heavy atom. The number of likely N-dealkylation sites (tertiary alicyclic amines) is 1. The number of nitrogens with zero attached hydrogens (tertiary/aromatic N) is 1. The topological polar surface area (TPSA) is 102 Å². The summed E-state index contributed by atoms with van der Waals surface area (Å²) in [6, 6.07) is 5.19. The SMILES string of the molecule is COC(=O)N[C@H](C(=O)N1CC2(CC2)CC1C(=O)OCC(=O)c1ccc(Br)cc1)C(C)C. The van der Waals surface area contributed by atoms with Gasteiger partial charge in [0.15, 0.2) is 12.4 Å². The molecule has 1 unspecified atom stereocenters. The molecule has 0 bridgehead atoms. The van der Waals surface area contributed by atoms with Crippen molar-refractivity contribution in [3.8, 4) is 0 Å². The molecule has 0 radical (unpaired) electrons. The summed E-state index contributed by atoms with van der Waals surface area (Å²) >= 11 is 3.31. The maximum Gasteiger partial charge on any atom is 0.407 e. The van der Waals surface area contributed by atoms with Crippen molar-refractivity contribution >= 4 is 39.7 Å². The van der Waals surface area contributed by atoms with Crippen LogP contribution in [0.25, 0.3) is 0 Å². The molecule has 3 rings (SSSR count).